The molecule has 2 heterocycles. The van der Waals surface area contributed by atoms with Gasteiger partial charge in [-0.15, -0.1) is 0 Å². The maximum Gasteiger partial charge on any atom is 0.261 e. The number of aromatic nitrogens is 2. The third-order valence-corrected chi connectivity index (χ3v) is 4.19. The molecular formula is C18H14N2O2. The molecule has 0 saturated heterocycles. The molecule has 0 fully saturated rings. The van der Waals surface area contributed by atoms with Gasteiger partial charge in [0.15, 0.2) is 5.78 Å². The molecule has 0 aliphatic rings. The molecule has 22 heavy (non-hydrogen) atoms. The van der Waals surface area contributed by atoms with Gasteiger partial charge in [0.1, 0.15) is 5.65 Å². The number of carbonyl (C=O) groups is 1. The van der Waals surface area contributed by atoms with Crippen molar-refractivity contribution in [2.24, 2.45) is 7.05 Å². The van der Waals surface area contributed by atoms with Gasteiger partial charge in [-0.3, -0.25) is 18.6 Å². The number of para-hydroxylation sites is 1. The van der Waals surface area contributed by atoms with E-state index in [4.69, 9.17) is 0 Å². The van der Waals surface area contributed by atoms with Gasteiger partial charge in [0.05, 0.1) is 16.6 Å². The predicted molar refractivity (Wildman–Crippen MR) is 87.7 cm³/mol. The number of hydrogen-bond acceptors (Lipinski definition) is 2. The second-order valence-corrected chi connectivity index (χ2v) is 5.49. The topological polar surface area (TPSA) is 43.5 Å². The van der Waals surface area contributed by atoms with E-state index in [1.807, 2.05) is 46.9 Å². The van der Waals surface area contributed by atoms with Crippen LogP contribution in [-0.2, 0) is 7.05 Å². The van der Waals surface area contributed by atoms with E-state index in [1.54, 1.807) is 24.6 Å². The van der Waals surface area contributed by atoms with Crippen LogP contribution < -0.4 is 5.56 Å². The van der Waals surface area contributed by atoms with Crippen molar-refractivity contribution < 1.29 is 4.79 Å². The van der Waals surface area contributed by atoms with Crippen molar-refractivity contribution in [3.05, 3.63) is 64.6 Å². The maximum atomic E-state index is 12.6. The van der Waals surface area contributed by atoms with Gasteiger partial charge in [-0.1, -0.05) is 36.4 Å². The highest BCUT2D eigenvalue weighted by atomic mass is 16.1. The molecular weight excluding hydrogens is 276 g/mol. The van der Waals surface area contributed by atoms with Crippen LogP contribution in [0.5, 0.6) is 0 Å². The van der Waals surface area contributed by atoms with E-state index in [9.17, 15) is 9.59 Å². The summed E-state index contributed by atoms with van der Waals surface area (Å²) in [6, 6.07) is 15.1. The Morgan fingerprint density at radius 2 is 1.50 bits per heavy atom. The first-order valence-corrected chi connectivity index (χ1v) is 7.13. The molecule has 0 unspecified atom stereocenters. The van der Waals surface area contributed by atoms with E-state index < -0.39 is 0 Å². The molecule has 0 N–H and O–H groups in total. The molecule has 0 bridgehead atoms. The fourth-order valence-electron chi connectivity index (χ4n) is 3.27. The zero-order chi connectivity index (χ0) is 15.4. The molecule has 4 rings (SSSR count). The van der Waals surface area contributed by atoms with E-state index in [1.165, 1.54) is 0 Å². The lowest BCUT2D eigenvalue weighted by Gasteiger charge is -2.09. The van der Waals surface area contributed by atoms with Crippen LogP contribution >= 0.6 is 0 Å². The lowest BCUT2D eigenvalue weighted by molar-refractivity contribution is 0.101. The Labute approximate surface area is 126 Å². The molecule has 4 heteroatoms. The van der Waals surface area contributed by atoms with Gasteiger partial charge < -0.3 is 0 Å². The predicted octanol–water partition coefficient (Wildman–Crippen LogP) is 3.15. The van der Waals surface area contributed by atoms with Crippen LogP contribution in [0.2, 0.25) is 0 Å². The molecule has 108 valence electrons. The zero-order valence-corrected chi connectivity index (χ0v) is 12.3. The monoisotopic (exact) mass is 290 g/mol. The summed E-state index contributed by atoms with van der Waals surface area (Å²) < 4.78 is 3.53. The van der Waals surface area contributed by atoms with Crippen LogP contribution in [0.15, 0.2) is 53.3 Å². The van der Waals surface area contributed by atoms with Crippen molar-refractivity contribution in [2.75, 3.05) is 0 Å². The Kier molecular flexibility index (Phi) is 2.51. The summed E-state index contributed by atoms with van der Waals surface area (Å²) in [7, 11) is 1.75. The smallest absolute Gasteiger partial charge is 0.261 e. The summed E-state index contributed by atoms with van der Waals surface area (Å²) >= 11 is 0. The largest absolute Gasteiger partial charge is 0.296 e. The normalized spacial score (nSPS) is 11.5. The summed E-state index contributed by atoms with van der Waals surface area (Å²) in [5.74, 6) is -0.0139. The van der Waals surface area contributed by atoms with Crippen LogP contribution in [0.4, 0.5) is 0 Å². The minimum absolute atomic E-state index is 0.0139. The Morgan fingerprint density at radius 1 is 0.909 bits per heavy atom. The Hall–Kier alpha value is -2.88. The van der Waals surface area contributed by atoms with E-state index in [0.717, 1.165) is 21.9 Å². The first-order valence-electron chi connectivity index (χ1n) is 7.13. The highest BCUT2D eigenvalue weighted by molar-refractivity contribution is 6.13. The van der Waals surface area contributed by atoms with E-state index >= 15 is 0 Å². The van der Waals surface area contributed by atoms with Crippen LogP contribution in [-0.4, -0.2) is 14.8 Å². The average molecular weight is 290 g/mol. The number of fused-ring (bicyclic) bond motifs is 5. The van der Waals surface area contributed by atoms with E-state index in [2.05, 4.69) is 0 Å². The summed E-state index contributed by atoms with van der Waals surface area (Å²) in [5, 5.41) is 2.40. The van der Waals surface area contributed by atoms with Gasteiger partial charge in [-0.25, -0.2) is 0 Å². The number of hydrogen-bond donors (Lipinski definition) is 0. The van der Waals surface area contributed by atoms with Gasteiger partial charge in [0, 0.05) is 24.7 Å². The number of aryl methyl sites for hydroxylation is 1. The Morgan fingerprint density at radius 3 is 2.18 bits per heavy atom. The summed E-state index contributed by atoms with van der Waals surface area (Å²) in [6.45, 7) is 1.56. The molecule has 4 nitrogen and oxygen atoms in total. The van der Waals surface area contributed by atoms with Crippen LogP contribution in [0, 0.1) is 0 Å². The van der Waals surface area contributed by atoms with Gasteiger partial charge in [-0.2, -0.15) is 0 Å². The number of ketones is 1. The SMILES string of the molecule is CC(=O)c1c2ccccc2c2n(C)c(=O)c3ccccc3n12. The van der Waals surface area contributed by atoms with Gasteiger partial charge in [0.25, 0.3) is 5.56 Å². The summed E-state index contributed by atoms with van der Waals surface area (Å²) in [6.07, 6.45) is 0. The van der Waals surface area contributed by atoms with Crippen molar-refractivity contribution in [1.82, 2.24) is 8.97 Å². The standard InChI is InChI=1S/C18H14N2O2/c1-11(21)16-12-7-3-4-8-13(12)17-19(2)18(22)14-9-5-6-10-15(14)20(16)17/h3-10H,1-2H3. The average Bonchev–Trinajstić information content (AvgIpc) is 2.88. The molecule has 0 radical (unpaired) electrons. The first kappa shape index (κ1) is 12.8. The molecule has 2 aromatic carbocycles. The number of benzene rings is 2. The Balaban J connectivity index is 2.50. The molecule has 0 aliphatic carbocycles. The third-order valence-electron chi connectivity index (χ3n) is 4.19. The number of nitrogens with zero attached hydrogens (tertiary/aromatic N) is 2. The number of Topliss-reactive ketones (excluding diaryl/α,β-unsaturated/α-hetero) is 1. The van der Waals surface area contributed by atoms with E-state index in [-0.39, 0.29) is 11.3 Å². The second kappa shape index (κ2) is 4.31. The molecule has 2 aromatic heterocycles. The molecule has 0 spiro atoms. The lowest BCUT2D eigenvalue weighted by atomic mass is 10.1. The lowest BCUT2D eigenvalue weighted by Crippen LogP contribution is -2.20. The van der Waals surface area contributed by atoms with E-state index in [0.29, 0.717) is 11.1 Å². The summed E-state index contributed by atoms with van der Waals surface area (Å²) in [4.78, 5) is 24.9. The van der Waals surface area contributed by atoms with Crippen LogP contribution in [0.3, 0.4) is 0 Å². The van der Waals surface area contributed by atoms with Gasteiger partial charge >= 0.3 is 0 Å². The molecule has 0 saturated carbocycles. The third kappa shape index (κ3) is 1.46. The first-order chi connectivity index (χ1) is 10.6. The minimum Gasteiger partial charge on any atom is -0.296 e. The van der Waals surface area contributed by atoms with Crippen molar-refractivity contribution in [2.45, 2.75) is 6.92 Å². The quantitative estimate of drug-likeness (QED) is 0.505. The van der Waals surface area contributed by atoms with Crippen molar-refractivity contribution in [3.8, 4) is 0 Å². The van der Waals surface area contributed by atoms with Gasteiger partial charge in [-0.05, 0) is 12.1 Å². The summed E-state index contributed by atoms with van der Waals surface area (Å²) in [5.41, 5.74) is 2.09. The molecule has 0 amide bonds. The number of rotatable bonds is 1. The highest BCUT2D eigenvalue weighted by Gasteiger charge is 2.19. The Bertz CT molecular complexity index is 1130. The van der Waals surface area contributed by atoms with Crippen molar-refractivity contribution >= 4 is 33.1 Å². The molecule has 0 aliphatic heterocycles. The highest BCUT2D eigenvalue weighted by Crippen LogP contribution is 2.29. The van der Waals surface area contributed by atoms with Gasteiger partial charge in [0.2, 0.25) is 0 Å². The van der Waals surface area contributed by atoms with Crippen LogP contribution in [0.1, 0.15) is 17.4 Å². The maximum absolute atomic E-state index is 12.6. The molecule has 0 atom stereocenters. The number of carbonyl (C=O) groups excluding carboxylic acids is 1. The second-order valence-electron chi connectivity index (χ2n) is 5.49. The fraction of sp³-hybridized carbons (Fsp3) is 0.111. The van der Waals surface area contributed by atoms with Crippen molar-refractivity contribution in [3.63, 3.8) is 0 Å². The zero-order valence-electron chi connectivity index (χ0n) is 12.3. The molecule has 4 aromatic rings. The van der Waals surface area contributed by atoms with Crippen LogP contribution in [0.25, 0.3) is 27.3 Å². The minimum atomic E-state index is -0.0542. The fourth-order valence-corrected chi connectivity index (χ4v) is 3.27. The van der Waals surface area contributed by atoms with Crippen molar-refractivity contribution in [1.29, 1.82) is 0 Å².